The van der Waals surface area contributed by atoms with Crippen molar-refractivity contribution in [3.8, 4) is 11.5 Å². The van der Waals surface area contributed by atoms with Gasteiger partial charge < -0.3 is 29.6 Å². The van der Waals surface area contributed by atoms with E-state index in [0.29, 0.717) is 31.0 Å². The van der Waals surface area contributed by atoms with Gasteiger partial charge >= 0.3 is 0 Å². The Hall–Kier alpha value is -3.56. The van der Waals surface area contributed by atoms with Crippen molar-refractivity contribution >= 4 is 17.7 Å². The second-order valence-electron chi connectivity index (χ2n) is 9.54. The zero-order chi connectivity index (χ0) is 25.9. The molecule has 36 heavy (non-hydrogen) atoms. The molecular formula is C26H35N5O5. The second-order valence-corrected chi connectivity index (χ2v) is 9.54. The van der Waals surface area contributed by atoms with Gasteiger partial charge in [-0.1, -0.05) is 18.9 Å². The molecule has 4 rings (SSSR count). The first kappa shape index (κ1) is 25.5. The van der Waals surface area contributed by atoms with Gasteiger partial charge in [0.2, 0.25) is 5.91 Å². The van der Waals surface area contributed by atoms with Crippen LogP contribution in [0.25, 0.3) is 0 Å². The summed E-state index contributed by atoms with van der Waals surface area (Å²) >= 11 is 0. The molecule has 1 aromatic heterocycles. The summed E-state index contributed by atoms with van der Waals surface area (Å²) < 4.78 is 12.2. The third-order valence-electron chi connectivity index (χ3n) is 7.22. The number of carbonyl (C=O) groups is 3. The number of hydrogen-bond acceptors (Lipinski definition) is 6. The van der Waals surface area contributed by atoms with Crippen molar-refractivity contribution in [3.05, 3.63) is 41.5 Å². The molecular weight excluding hydrogens is 462 g/mol. The number of likely N-dealkylation sites (N-methyl/N-ethyl adjacent to an activating group) is 1. The maximum Gasteiger partial charge on any atom is 0.273 e. The quantitative estimate of drug-likeness (QED) is 0.549. The first-order valence-electron chi connectivity index (χ1n) is 12.5. The molecule has 10 heteroatoms. The molecule has 2 N–H and O–H groups in total. The molecule has 1 saturated carbocycles. The fourth-order valence-electron chi connectivity index (χ4n) is 5.20. The van der Waals surface area contributed by atoms with Crippen LogP contribution in [0.5, 0.6) is 11.5 Å². The van der Waals surface area contributed by atoms with Crippen molar-refractivity contribution < 1.29 is 23.9 Å². The molecule has 0 saturated heterocycles. The number of rotatable bonds is 9. The van der Waals surface area contributed by atoms with Gasteiger partial charge in [0.05, 0.1) is 27.1 Å². The monoisotopic (exact) mass is 497 g/mol. The number of methoxy groups -OCH3 is 2. The summed E-state index contributed by atoms with van der Waals surface area (Å²) in [6.07, 6.45) is 6.18. The van der Waals surface area contributed by atoms with Crippen molar-refractivity contribution in [1.29, 1.82) is 0 Å². The van der Waals surface area contributed by atoms with E-state index in [1.807, 2.05) is 25.1 Å². The third-order valence-corrected chi connectivity index (χ3v) is 7.22. The van der Waals surface area contributed by atoms with E-state index in [0.717, 1.165) is 31.2 Å². The average molecular weight is 498 g/mol. The van der Waals surface area contributed by atoms with Crippen LogP contribution in [0.2, 0.25) is 0 Å². The van der Waals surface area contributed by atoms with E-state index in [4.69, 9.17) is 9.47 Å². The molecule has 1 aliphatic carbocycles. The highest BCUT2D eigenvalue weighted by Crippen LogP contribution is 2.30. The molecule has 1 aliphatic heterocycles. The van der Waals surface area contributed by atoms with E-state index in [-0.39, 0.29) is 35.8 Å². The molecule has 2 heterocycles. The van der Waals surface area contributed by atoms with Crippen LogP contribution >= 0.6 is 0 Å². The number of imidazole rings is 1. The van der Waals surface area contributed by atoms with Crippen LogP contribution < -0.4 is 20.1 Å². The highest BCUT2D eigenvalue weighted by Gasteiger charge is 2.48. The van der Waals surface area contributed by atoms with Gasteiger partial charge in [-0.2, -0.15) is 0 Å². The molecule has 1 atom stereocenters. The number of ether oxygens (including phenoxy) is 2. The number of hydrogen-bond donors (Lipinski definition) is 2. The Balaban J connectivity index is 1.46. The Morgan fingerprint density at radius 2 is 1.89 bits per heavy atom. The summed E-state index contributed by atoms with van der Waals surface area (Å²) in [5, 5.41) is 5.99. The van der Waals surface area contributed by atoms with E-state index < -0.39 is 11.4 Å². The normalized spacial score (nSPS) is 19.7. The van der Waals surface area contributed by atoms with Crippen LogP contribution in [-0.4, -0.2) is 71.1 Å². The van der Waals surface area contributed by atoms with Crippen molar-refractivity contribution in [1.82, 2.24) is 25.1 Å². The molecule has 1 fully saturated rings. The molecule has 194 valence electrons. The van der Waals surface area contributed by atoms with E-state index >= 15 is 0 Å². The largest absolute Gasteiger partial charge is 0.493 e. The summed E-state index contributed by atoms with van der Waals surface area (Å²) in [6.45, 7) is 4.57. The number of aromatic nitrogens is 2. The van der Waals surface area contributed by atoms with Gasteiger partial charge in [0.15, 0.2) is 17.2 Å². The minimum absolute atomic E-state index is 0.0732. The van der Waals surface area contributed by atoms with Gasteiger partial charge in [-0.15, -0.1) is 0 Å². The summed E-state index contributed by atoms with van der Waals surface area (Å²) in [5.74, 6) is 0.306. The summed E-state index contributed by atoms with van der Waals surface area (Å²) in [7, 11) is 3.15. The lowest BCUT2D eigenvalue weighted by Gasteiger charge is -2.43. The predicted molar refractivity (Wildman–Crippen MR) is 133 cm³/mol. The molecule has 10 nitrogen and oxygen atoms in total. The Morgan fingerprint density at radius 3 is 2.56 bits per heavy atom. The highest BCUT2D eigenvalue weighted by molar-refractivity contribution is 6.07. The van der Waals surface area contributed by atoms with Crippen LogP contribution in [0.4, 0.5) is 0 Å². The number of benzene rings is 1. The highest BCUT2D eigenvalue weighted by atomic mass is 16.5. The topological polar surface area (TPSA) is 115 Å². The number of carbonyl (C=O) groups excluding carboxylic acids is 3. The molecule has 0 radical (unpaired) electrons. The molecule has 3 amide bonds. The number of nitrogens with zero attached hydrogens (tertiary/aromatic N) is 3. The van der Waals surface area contributed by atoms with E-state index in [9.17, 15) is 14.4 Å². The Bertz CT molecular complexity index is 1140. The van der Waals surface area contributed by atoms with Crippen LogP contribution in [0.15, 0.2) is 24.5 Å². The smallest absolute Gasteiger partial charge is 0.273 e. The van der Waals surface area contributed by atoms with Gasteiger partial charge in [-0.25, -0.2) is 4.98 Å². The number of fused-ring (bicyclic) bond motifs is 1. The van der Waals surface area contributed by atoms with Crippen LogP contribution in [0.1, 0.15) is 66.1 Å². The first-order valence-corrected chi connectivity index (χ1v) is 12.5. The van der Waals surface area contributed by atoms with Crippen molar-refractivity contribution in [2.24, 2.45) is 0 Å². The number of amides is 3. The Morgan fingerprint density at radius 1 is 1.17 bits per heavy atom. The summed E-state index contributed by atoms with van der Waals surface area (Å²) in [6, 6.07) is 5.74. The molecule has 0 bridgehead atoms. The third kappa shape index (κ3) is 4.76. The first-order chi connectivity index (χ1) is 17.3. The fourth-order valence-corrected chi connectivity index (χ4v) is 5.20. The summed E-state index contributed by atoms with van der Waals surface area (Å²) in [4.78, 5) is 45.5. The molecule has 2 aliphatic rings. The minimum Gasteiger partial charge on any atom is -0.493 e. The van der Waals surface area contributed by atoms with Gasteiger partial charge in [0.1, 0.15) is 11.2 Å². The van der Waals surface area contributed by atoms with Gasteiger partial charge in [0.25, 0.3) is 11.8 Å². The molecule has 0 unspecified atom stereocenters. The van der Waals surface area contributed by atoms with Crippen molar-refractivity contribution in [2.75, 3.05) is 27.3 Å². The fraction of sp³-hybridized carbons (Fsp3) is 0.538. The lowest BCUT2D eigenvalue weighted by Crippen LogP contribution is -2.64. The van der Waals surface area contributed by atoms with Crippen LogP contribution in [0.3, 0.4) is 0 Å². The number of nitrogens with one attached hydrogen (secondary N) is 2. The zero-order valence-corrected chi connectivity index (χ0v) is 21.4. The zero-order valence-electron chi connectivity index (χ0n) is 21.4. The molecule has 1 aromatic carbocycles. The van der Waals surface area contributed by atoms with Crippen molar-refractivity contribution in [3.63, 3.8) is 0 Å². The minimum atomic E-state index is -1.05. The summed E-state index contributed by atoms with van der Waals surface area (Å²) in [5.41, 5.74) is 0.205. The van der Waals surface area contributed by atoms with Gasteiger partial charge in [-0.3, -0.25) is 14.4 Å². The molecule has 0 spiro atoms. The lowest BCUT2D eigenvalue weighted by molar-refractivity contribution is -0.133. The van der Waals surface area contributed by atoms with E-state index in [1.165, 1.54) is 6.33 Å². The molecule has 2 aromatic rings. The standard InChI is InChI=1S/C26H35N5O5/c1-5-31-24(33)22-21(23(32)27-13-12-17-10-11-19(35-3)20(14-17)36-4)28-16-30(22)15-26(31,2)25(34)29-18-8-6-7-9-18/h10-11,14,16,18H,5-9,12-13,15H2,1-4H3,(H,27,32)(H,29,34)/t26-/m0/s1. The lowest BCUT2D eigenvalue weighted by atomic mass is 9.94. The maximum absolute atomic E-state index is 13.5. The van der Waals surface area contributed by atoms with Gasteiger partial charge in [0, 0.05) is 19.1 Å². The predicted octanol–water partition coefficient (Wildman–Crippen LogP) is 2.17. The Labute approximate surface area is 211 Å². The average Bonchev–Trinajstić information content (AvgIpc) is 3.54. The second kappa shape index (κ2) is 10.6. The van der Waals surface area contributed by atoms with Crippen molar-refractivity contribution in [2.45, 2.75) is 64.1 Å². The maximum atomic E-state index is 13.5. The van der Waals surface area contributed by atoms with Gasteiger partial charge in [-0.05, 0) is 50.8 Å². The Kier molecular flexibility index (Phi) is 7.51. The van der Waals surface area contributed by atoms with E-state index in [1.54, 1.807) is 30.6 Å². The van der Waals surface area contributed by atoms with E-state index in [2.05, 4.69) is 15.6 Å². The van der Waals surface area contributed by atoms with Crippen LogP contribution in [0, 0.1) is 0 Å². The SMILES string of the molecule is CCN1C(=O)c2c(C(=O)NCCc3ccc(OC)c(OC)c3)ncn2C[C@@]1(C)C(=O)NC1CCCC1. The van der Waals surface area contributed by atoms with Crippen LogP contribution in [-0.2, 0) is 17.8 Å².